The van der Waals surface area contributed by atoms with E-state index in [9.17, 15) is 0 Å². The first kappa shape index (κ1) is 46.7. The van der Waals surface area contributed by atoms with Crippen molar-refractivity contribution in [1.82, 2.24) is 0 Å². The Labute approximate surface area is 103 Å². The third-order valence-corrected chi connectivity index (χ3v) is 0. The van der Waals surface area contributed by atoms with E-state index in [1.807, 2.05) is 0 Å². The predicted molar refractivity (Wildman–Crippen MR) is 26.5 cm³/mol. The summed E-state index contributed by atoms with van der Waals surface area (Å²) in [6, 6.07) is 0. The quantitative estimate of drug-likeness (QED) is 0.359. The molecule has 0 aromatic rings. The standard InChI is InChI=1S/CH2O3.2Al.Ca.2H2O/c2-1(3)4;;;;;/h(H2,2,3,4);;;;2*1H2/q;2*+3;+2;;/p-4. The minimum absolute atomic E-state index is 0. The average molecular weight is 188 g/mol. The van der Waals surface area contributed by atoms with Gasteiger partial charge in [0.05, 0.1) is 0 Å². The van der Waals surface area contributed by atoms with Gasteiger partial charge in [0.25, 0.3) is 0 Å². The van der Waals surface area contributed by atoms with E-state index in [-0.39, 0.29) is 83.4 Å². The van der Waals surface area contributed by atoms with E-state index in [2.05, 4.69) is 0 Å². The Morgan fingerprint density at radius 3 is 1.00 bits per heavy atom. The fraction of sp³-hybridized carbons (Fsp3) is 0. The van der Waals surface area contributed by atoms with Gasteiger partial charge in [0.2, 0.25) is 0 Å². The summed E-state index contributed by atoms with van der Waals surface area (Å²) in [4.78, 5) is 8.33. The zero-order valence-electron chi connectivity index (χ0n) is 4.48. The first-order valence-electron chi connectivity index (χ1n) is 0.612. The molecule has 0 saturated carbocycles. The zero-order chi connectivity index (χ0) is 3.58. The van der Waals surface area contributed by atoms with E-state index in [0.29, 0.717) is 0 Å². The molecule has 0 amide bonds. The topological polar surface area (TPSA) is 123 Å². The molecular formula is CH2Al2CaO5+4. The van der Waals surface area contributed by atoms with Crippen LogP contribution in [0.15, 0.2) is 0 Å². The smallest absolute Gasteiger partial charge is 0.870 e. The Hall–Kier alpha value is 1.51. The monoisotopic (exact) mass is 188 g/mol. The summed E-state index contributed by atoms with van der Waals surface area (Å²) >= 11 is 0. The van der Waals surface area contributed by atoms with Gasteiger partial charge in [0.1, 0.15) is 0 Å². The van der Waals surface area contributed by atoms with Gasteiger partial charge in [0.15, 0.2) is 0 Å². The summed E-state index contributed by atoms with van der Waals surface area (Å²) in [6.07, 6.45) is -2.33. The molecule has 0 fully saturated rings. The van der Waals surface area contributed by atoms with Crippen molar-refractivity contribution in [2.24, 2.45) is 0 Å². The molecule has 0 aromatic carbocycles. The van der Waals surface area contributed by atoms with Gasteiger partial charge in [0, 0.05) is 0 Å². The van der Waals surface area contributed by atoms with Crippen molar-refractivity contribution >= 4 is 78.6 Å². The molecular weight excluding hydrogens is 186 g/mol. The maximum absolute atomic E-state index is 8.33. The average Bonchev–Trinajstić information content (AvgIpc) is 0.811. The molecule has 5 nitrogen and oxygen atoms in total. The molecule has 0 spiro atoms. The summed E-state index contributed by atoms with van der Waals surface area (Å²) < 4.78 is 0. The van der Waals surface area contributed by atoms with E-state index < -0.39 is 6.16 Å². The van der Waals surface area contributed by atoms with E-state index >= 15 is 0 Å². The largest absolute Gasteiger partial charge is 3.00 e. The molecule has 0 heterocycles. The van der Waals surface area contributed by atoms with Crippen LogP contribution in [0.25, 0.3) is 0 Å². The molecule has 0 aliphatic carbocycles. The van der Waals surface area contributed by atoms with Gasteiger partial charge in [-0.25, -0.2) is 0 Å². The van der Waals surface area contributed by atoms with Crippen molar-refractivity contribution in [2.75, 3.05) is 0 Å². The number of hydrogen-bond donors (Lipinski definition) is 0. The number of carboxylic acid groups (broad SMARTS) is 2. The SMILES string of the molecule is O=C([O-])[O-].[Al+3].[Al+3].[Ca+2].[OH-].[OH-]. The predicted octanol–water partition coefficient (Wildman–Crippen LogP) is -3.94. The summed E-state index contributed by atoms with van der Waals surface area (Å²) in [5.41, 5.74) is 0. The number of carbonyl (C=O) groups excluding carboxylic acids is 1. The van der Waals surface area contributed by atoms with Crippen LogP contribution in [-0.4, -0.2) is 89.6 Å². The van der Waals surface area contributed by atoms with Gasteiger partial charge in [-0.15, -0.1) is 0 Å². The second kappa shape index (κ2) is 33.8. The van der Waals surface area contributed by atoms with Crippen molar-refractivity contribution < 1.29 is 26.0 Å². The Morgan fingerprint density at radius 2 is 1.00 bits per heavy atom. The normalized spacial score (nSPS) is 2.67. The molecule has 0 aromatic heterocycles. The molecule has 0 bridgehead atoms. The number of rotatable bonds is 0. The van der Waals surface area contributed by atoms with E-state index in [4.69, 9.17) is 15.0 Å². The summed E-state index contributed by atoms with van der Waals surface area (Å²) in [5.74, 6) is 0. The molecule has 2 N–H and O–H groups in total. The minimum atomic E-state index is -2.33. The van der Waals surface area contributed by atoms with Crippen molar-refractivity contribution in [3.63, 3.8) is 0 Å². The van der Waals surface area contributed by atoms with Gasteiger partial charge in [-0.1, -0.05) is 0 Å². The van der Waals surface area contributed by atoms with E-state index in [0.717, 1.165) is 0 Å². The Balaban J connectivity index is -0.00000000450. The maximum Gasteiger partial charge on any atom is 3.00 e. The van der Waals surface area contributed by atoms with Crippen molar-refractivity contribution in [3.8, 4) is 0 Å². The summed E-state index contributed by atoms with van der Waals surface area (Å²) in [7, 11) is 0. The molecule has 8 heteroatoms. The van der Waals surface area contributed by atoms with Crippen LogP contribution in [-0.2, 0) is 0 Å². The molecule has 0 atom stereocenters. The van der Waals surface area contributed by atoms with Crippen LogP contribution < -0.4 is 10.2 Å². The molecule has 0 saturated heterocycles. The Bertz CT molecular complexity index is 37.9. The van der Waals surface area contributed by atoms with Crippen LogP contribution in [0, 0.1) is 0 Å². The third-order valence-electron chi connectivity index (χ3n) is 0. The van der Waals surface area contributed by atoms with Crippen LogP contribution in [0.3, 0.4) is 0 Å². The van der Waals surface area contributed by atoms with Crippen molar-refractivity contribution in [2.45, 2.75) is 0 Å². The first-order chi connectivity index (χ1) is 1.73. The molecule has 0 aliphatic heterocycles. The molecule has 0 unspecified atom stereocenters. The fourth-order valence-electron chi connectivity index (χ4n) is 0. The second-order valence-electron chi connectivity index (χ2n) is 0.250. The molecule has 0 aliphatic rings. The minimum Gasteiger partial charge on any atom is -0.870 e. The maximum atomic E-state index is 8.33. The zero-order valence-corrected chi connectivity index (χ0v) is 9.00. The van der Waals surface area contributed by atoms with Crippen LogP contribution in [0.5, 0.6) is 0 Å². The Kier molecular flexibility index (Phi) is 176. The first-order valence-corrected chi connectivity index (χ1v) is 0.612. The number of carbonyl (C=O) groups is 1. The molecule has 0 radical (unpaired) electrons. The summed E-state index contributed by atoms with van der Waals surface area (Å²) in [6.45, 7) is 0. The van der Waals surface area contributed by atoms with E-state index in [1.165, 1.54) is 0 Å². The van der Waals surface area contributed by atoms with E-state index in [1.54, 1.807) is 0 Å². The van der Waals surface area contributed by atoms with Crippen LogP contribution in [0.2, 0.25) is 0 Å². The van der Waals surface area contributed by atoms with Crippen LogP contribution in [0.1, 0.15) is 0 Å². The second-order valence-corrected chi connectivity index (χ2v) is 0.250. The van der Waals surface area contributed by atoms with Gasteiger partial charge in [-0.05, 0) is 6.16 Å². The Morgan fingerprint density at radius 1 is 1.00 bits per heavy atom. The van der Waals surface area contributed by atoms with Crippen LogP contribution in [0.4, 0.5) is 4.79 Å². The van der Waals surface area contributed by atoms with Gasteiger partial charge < -0.3 is 26.0 Å². The molecule has 0 rings (SSSR count). The summed E-state index contributed by atoms with van der Waals surface area (Å²) in [5, 5.41) is 16.7. The van der Waals surface area contributed by atoms with Gasteiger partial charge >= 0.3 is 72.5 Å². The van der Waals surface area contributed by atoms with Crippen molar-refractivity contribution in [1.29, 1.82) is 0 Å². The molecule has 40 valence electrons. The fourth-order valence-corrected chi connectivity index (χ4v) is 0. The van der Waals surface area contributed by atoms with Crippen molar-refractivity contribution in [3.05, 3.63) is 0 Å². The van der Waals surface area contributed by atoms with Gasteiger partial charge in [-0.3, -0.25) is 0 Å². The van der Waals surface area contributed by atoms with Gasteiger partial charge in [-0.2, -0.15) is 0 Å². The van der Waals surface area contributed by atoms with Crippen LogP contribution >= 0.6 is 0 Å². The number of hydrogen-bond acceptors (Lipinski definition) is 5. The molecule has 9 heavy (non-hydrogen) atoms. The third kappa shape index (κ3) is 234.